The fourth-order valence-corrected chi connectivity index (χ4v) is 3.22. The lowest BCUT2D eigenvalue weighted by molar-refractivity contribution is 0.275. The van der Waals surface area contributed by atoms with Gasteiger partial charge in [0.1, 0.15) is 12.4 Å². The first kappa shape index (κ1) is 20.4. The Labute approximate surface area is 158 Å². The second-order valence-corrected chi connectivity index (χ2v) is 7.15. The van der Waals surface area contributed by atoms with Crippen LogP contribution in [0.25, 0.3) is 0 Å². The molecule has 2 aromatic rings. The molecule has 0 aliphatic rings. The molecule has 142 valence electrons. The Morgan fingerprint density at radius 1 is 0.962 bits per heavy atom. The van der Waals surface area contributed by atoms with Crippen LogP contribution >= 0.6 is 11.6 Å². The van der Waals surface area contributed by atoms with Crippen LogP contribution in [0.5, 0.6) is 11.8 Å². The molecule has 0 spiro atoms. The van der Waals surface area contributed by atoms with Gasteiger partial charge in [0, 0.05) is 5.88 Å². The molecule has 7 nitrogen and oxygen atoms in total. The number of rotatable bonds is 10. The van der Waals surface area contributed by atoms with E-state index in [-0.39, 0.29) is 18.2 Å². The standard InChI is InChI=1S/C17H21ClN2O5S/c1-3-23-16-9-17(24-4-2)20-15(19-16)11-25-26(21,22)12-14-7-5-13(10-18)6-8-14/h5-9H,3-4,10-12H2,1-2H3. The Balaban J connectivity index is 2.05. The Kier molecular flexibility index (Phi) is 7.62. The summed E-state index contributed by atoms with van der Waals surface area (Å²) >= 11 is 5.72. The number of halogens is 1. The first-order chi connectivity index (χ1) is 12.5. The molecule has 0 N–H and O–H groups in total. The van der Waals surface area contributed by atoms with Gasteiger partial charge in [-0.05, 0) is 25.0 Å². The van der Waals surface area contributed by atoms with E-state index in [0.717, 1.165) is 5.56 Å². The molecule has 0 fully saturated rings. The summed E-state index contributed by atoms with van der Waals surface area (Å²) in [6.45, 7) is 4.17. The van der Waals surface area contributed by atoms with E-state index in [1.807, 2.05) is 13.8 Å². The quantitative estimate of drug-likeness (QED) is 0.447. The third-order valence-corrected chi connectivity index (χ3v) is 4.67. The van der Waals surface area contributed by atoms with E-state index in [9.17, 15) is 8.42 Å². The molecular weight excluding hydrogens is 380 g/mol. The predicted molar refractivity (Wildman–Crippen MR) is 97.8 cm³/mol. The molecule has 0 saturated heterocycles. The first-order valence-electron chi connectivity index (χ1n) is 8.10. The van der Waals surface area contributed by atoms with E-state index in [0.29, 0.717) is 36.4 Å². The van der Waals surface area contributed by atoms with Gasteiger partial charge in [0.15, 0.2) is 5.82 Å². The normalized spacial score (nSPS) is 11.3. The lowest BCUT2D eigenvalue weighted by atomic mass is 10.2. The lowest BCUT2D eigenvalue weighted by Gasteiger charge is -2.09. The van der Waals surface area contributed by atoms with Crippen molar-refractivity contribution >= 4 is 21.7 Å². The predicted octanol–water partition coefficient (Wildman–Crippen LogP) is 3.06. The maximum absolute atomic E-state index is 12.2. The summed E-state index contributed by atoms with van der Waals surface area (Å²) in [6.07, 6.45) is 0. The zero-order valence-electron chi connectivity index (χ0n) is 14.6. The highest BCUT2D eigenvalue weighted by Gasteiger charge is 2.15. The molecule has 0 atom stereocenters. The molecule has 0 saturated carbocycles. The summed E-state index contributed by atoms with van der Waals surface area (Å²) < 4.78 is 40.1. The Morgan fingerprint density at radius 3 is 2.00 bits per heavy atom. The van der Waals surface area contributed by atoms with Crippen LogP contribution in [0.15, 0.2) is 30.3 Å². The van der Waals surface area contributed by atoms with Gasteiger partial charge in [0.05, 0.1) is 19.3 Å². The van der Waals surface area contributed by atoms with Gasteiger partial charge < -0.3 is 9.47 Å². The average Bonchev–Trinajstić information content (AvgIpc) is 2.61. The second kappa shape index (κ2) is 9.70. The van der Waals surface area contributed by atoms with Crippen molar-refractivity contribution in [2.75, 3.05) is 13.2 Å². The van der Waals surface area contributed by atoms with Crippen LogP contribution in [0.2, 0.25) is 0 Å². The molecule has 26 heavy (non-hydrogen) atoms. The summed E-state index contributed by atoms with van der Waals surface area (Å²) in [5.74, 6) is 0.899. The molecule has 0 aliphatic heterocycles. The number of ether oxygens (including phenoxy) is 2. The van der Waals surface area contributed by atoms with Gasteiger partial charge >= 0.3 is 0 Å². The molecule has 0 radical (unpaired) electrons. The number of benzene rings is 1. The third-order valence-electron chi connectivity index (χ3n) is 3.20. The topological polar surface area (TPSA) is 87.6 Å². The first-order valence-corrected chi connectivity index (χ1v) is 10.2. The van der Waals surface area contributed by atoms with Crippen LogP contribution in [-0.2, 0) is 32.5 Å². The number of hydrogen-bond donors (Lipinski definition) is 0. The summed E-state index contributed by atoms with van der Waals surface area (Å²) in [4.78, 5) is 8.24. The molecule has 0 amide bonds. The molecule has 0 unspecified atom stereocenters. The molecule has 0 aliphatic carbocycles. The maximum Gasteiger partial charge on any atom is 0.271 e. The second-order valence-electron chi connectivity index (χ2n) is 5.24. The molecule has 1 aromatic heterocycles. The highest BCUT2D eigenvalue weighted by molar-refractivity contribution is 7.85. The van der Waals surface area contributed by atoms with Crippen LogP contribution in [0.4, 0.5) is 0 Å². The fourth-order valence-electron chi connectivity index (χ4n) is 2.07. The monoisotopic (exact) mass is 400 g/mol. The van der Waals surface area contributed by atoms with Gasteiger partial charge in [-0.2, -0.15) is 18.4 Å². The van der Waals surface area contributed by atoms with Crippen LogP contribution in [0.1, 0.15) is 30.8 Å². The van der Waals surface area contributed by atoms with Gasteiger partial charge in [0.25, 0.3) is 10.1 Å². The summed E-state index contributed by atoms with van der Waals surface area (Å²) in [6, 6.07) is 8.52. The van der Waals surface area contributed by atoms with Gasteiger partial charge in [-0.1, -0.05) is 24.3 Å². The molecule has 1 heterocycles. The van der Waals surface area contributed by atoms with Gasteiger partial charge in [-0.25, -0.2) is 0 Å². The Morgan fingerprint density at radius 2 is 1.50 bits per heavy atom. The highest BCUT2D eigenvalue weighted by Crippen LogP contribution is 2.17. The zero-order valence-corrected chi connectivity index (χ0v) is 16.2. The largest absolute Gasteiger partial charge is 0.478 e. The van der Waals surface area contributed by atoms with E-state index in [2.05, 4.69) is 9.97 Å². The molecule has 2 rings (SSSR count). The van der Waals surface area contributed by atoms with Gasteiger partial charge in [0.2, 0.25) is 11.8 Å². The van der Waals surface area contributed by atoms with Crippen molar-refractivity contribution in [2.24, 2.45) is 0 Å². The highest BCUT2D eigenvalue weighted by atomic mass is 35.5. The van der Waals surface area contributed by atoms with Crippen LogP contribution in [0, 0.1) is 0 Å². The minimum Gasteiger partial charge on any atom is -0.478 e. The fraction of sp³-hybridized carbons (Fsp3) is 0.412. The smallest absolute Gasteiger partial charge is 0.271 e. The zero-order chi connectivity index (χ0) is 19.0. The van der Waals surface area contributed by atoms with Crippen molar-refractivity contribution < 1.29 is 22.1 Å². The summed E-state index contributed by atoms with van der Waals surface area (Å²) in [5, 5.41) is 0. The molecule has 0 bridgehead atoms. The lowest BCUT2D eigenvalue weighted by Crippen LogP contribution is -2.11. The van der Waals surface area contributed by atoms with Crippen molar-refractivity contribution in [1.82, 2.24) is 9.97 Å². The number of hydrogen-bond acceptors (Lipinski definition) is 7. The van der Waals surface area contributed by atoms with Gasteiger partial charge in [-0.3, -0.25) is 4.18 Å². The average molecular weight is 401 g/mol. The van der Waals surface area contributed by atoms with Crippen LogP contribution < -0.4 is 9.47 Å². The number of aromatic nitrogens is 2. The Bertz CT molecular complexity index is 788. The van der Waals surface area contributed by atoms with Crippen molar-refractivity contribution in [3.63, 3.8) is 0 Å². The van der Waals surface area contributed by atoms with Gasteiger partial charge in [-0.15, -0.1) is 11.6 Å². The molecule has 1 aromatic carbocycles. The summed E-state index contributed by atoms with van der Waals surface area (Å²) in [7, 11) is -3.80. The Hall–Kier alpha value is -1.90. The maximum atomic E-state index is 12.2. The minimum absolute atomic E-state index is 0.167. The SMILES string of the molecule is CCOc1cc(OCC)nc(COS(=O)(=O)Cc2ccc(CCl)cc2)n1. The van der Waals surface area contributed by atoms with Crippen molar-refractivity contribution in [2.45, 2.75) is 32.1 Å². The van der Waals surface area contributed by atoms with Crippen molar-refractivity contribution in [3.05, 3.63) is 47.3 Å². The van der Waals surface area contributed by atoms with Crippen molar-refractivity contribution in [1.29, 1.82) is 0 Å². The van der Waals surface area contributed by atoms with Crippen molar-refractivity contribution in [3.8, 4) is 11.8 Å². The third kappa shape index (κ3) is 6.44. The van der Waals surface area contributed by atoms with E-state index in [1.54, 1.807) is 30.3 Å². The van der Waals surface area contributed by atoms with E-state index >= 15 is 0 Å². The minimum atomic E-state index is -3.80. The van der Waals surface area contributed by atoms with E-state index < -0.39 is 10.1 Å². The van der Waals surface area contributed by atoms with Crippen LogP contribution in [0.3, 0.4) is 0 Å². The van der Waals surface area contributed by atoms with Crippen LogP contribution in [-0.4, -0.2) is 31.6 Å². The summed E-state index contributed by atoms with van der Waals surface area (Å²) in [5.41, 5.74) is 1.52. The van der Waals surface area contributed by atoms with E-state index in [1.165, 1.54) is 0 Å². The molecular formula is C17H21ClN2O5S. The van der Waals surface area contributed by atoms with E-state index in [4.69, 9.17) is 25.3 Å². The molecule has 9 heteroatoms. The number of nitrogens with zero attached hydrogens (tertiary/aromatic N) is 2. The number of alkyl halides is 1.